The van der Waals surface area contributed by atoms with Crippen LogP contribution in [0.5, 0.6) is 5.88 Å². The molecule has 2 aliphatic carbocycles. The van der Waals surface area contributed by atoms with E-state index in [0.29, 0.717) is 37.7 Å². The Morgan fingerprint density at radius 1 is 1.02 bits per heavy atom. The molecule has 276 valence electrons. The first-order valence-electron chi connectivity index (χ1n) is 16.8. The molecule has 2 saturated carbocycles. The normalized spacial score (nSPS) is 19.2. The number of aromatic nitrogens is 2. The van der Waals surface area contributed by atoms with E-state index in [1.165, 1.54) is 31.4 Å². The van der Waals surface area contributed by atoms with Crippen LogP contribution in [-0.4, -0.2) is 92.7 Å². The molecular formula is C36H44F3N5O6S. The second kappa shape index (κ2) is 15.2. The second-order valence-electron chi connectivity index (χ2n) is 13.6. The Hall–Kier alpha value is -4.24. The van der Waals surface area contributed by atoms with Crippen LogP contribution in [0.15, 0.2) is 53.4 Å². The Morgan fingerprint density at radius 3 is 2.24 bits per heavy atom. The van der Waals surface area contributed by atoms with E-state index in [2.05, 4.69) is 14.7 Å². The highest BCUT2D eigenvalue weighted by Crippen LogP contribution is 2.61. The number of carbonyl (C=O) groups is 2. The zero-order chi connectivity index (χ0) is 37.1. The minimum Gasteiger partial charge on any atom is -0.476 e. The lowest BCUT2D eigenvalue weighted by molar-refractivity contribution is -0.193. The van der Waals surface area contributed by atoms with Crippen molar-refractivity contribution in [2.75, 3.05) is 32.5 Å². The summed E-state index contributed by atoms with van der Waals surface area (Å²) in [5.74, 6) is -0.311. The van der Waals surface area contributed by atoms with Gasteiger partial charge in [0.1, 0.15) is 12.9 Å². The number of alkyl halides is 3. The molecule has 2 fully saturated rings. The Labute approximate surface area is 296 Å². The van der Waals surface area contributed by atoms with Crippen molar-refractivity contribution in [2.24, 2.45) is 5.41 Å². The molecule has 0 saturated heterocycles. The van der Waals surface area contributed by atoms with Gasteiger partial charge in [0.15, 0.2) is 0 Å². The van der Waals surface area contributed by atoms with Crippen LogP contribution in [0.25, 0.3) is 11.3 Å². The fourth-order valence-electron chi connectivity index (χ4n) is 6.98. The van der Waals surface area contributed by atoms with E-state index >= 15 is 0 Å². The number of nitrogens with zero attached hydrogens (tertiary/aromatic N) is 4. The van der Waals surface area contributed by atoms with Crippen molar-refractivity contribution in [3.8, 4) is 17.1 Å². The molecule has 1 atom stereocenters. The zero-order valence-corrected chi connectivity index (χ0v) is 30.2. The number of methoxy groups -OCH3 is 1. The number of benzene rings is 2. The largest absolute Gasteiger partial charge is 0.476 e. The summed E-state index contributed by atoms with van der Waals surface area (Å²) >= 11 is 0. The topological polar surface area (TPSA) is 131 Å². The number of sulfonamides is 1. The van der Waals surface area contributed by atoms with Crippen molar-refractivity contribution in [1.82, 2.24) is 19.8 Å². The molecule has 1 heterocycles. The van der Waals surface area contributed by atoms with Gasteiger partial charge in [-0.25, -0.2) is 22.9 Å². The third kappa shape index (κ3) is 8.63. The molecule has 1 N–H and O–H groups in total. The van der Waals surface area contributed by atoms with Crippen molar-refractivity contribution < 1.29 is 40.7 Å². The molecule has 15 heteroatoms. The summed E-state index contributed by atoms with van der Waals surface area (Å²) < 4.78 is 83.0. The fraction of sp³-hybridized carbons (Fsp3) is 0.500. The van der Waals surface area contributed by atoms with Crippen LogP contribution in [-0.2, 0) is 14.8 Å². The van der Waals surface area contributed by atoms with E-state index in [1.807, 2.05) is 44.0 Å². The van der Waals surface area contributed by atoms with Gasteiger partial charge in [0.2, 0.25) is 11.8 Å². The van der Waals surface area contributed by atoms with Gasteiger partial charge < -0.3 is 14.4 Å². The number of anilines is 1. The maximum Gasteiger partial charge on any atom is 0.409 e. The lowest BCUT2D eigenvalue weighted by Gasteiger charge is -2.41. The quantitative estimate of drug-likeness (QED) is 0.189. The van der Waals surface area contributed by atoms with Crippen LogP contribution in [0.3, 0.4) is 0 Å². The predicted octanol–water partition coefficient (Wildman–Crippen LogP) is 6.79. The van der Waals surface area contributed by atoms with Crippen LogP contribution in [0.2, 0.25) is 0 Å². The molecular weight excluding hydrogens is 687 g/mol. The lowest BCUT2D eigenvalue weighted by atomic mass is 9.87. The van der Waals surface area contributed by atoms with Crippen LogP contribution >= 0.6 is 0 Å². The molecule has 0 bridgehead atoms. The molecule has 11 nitrogen and oxygen atoms in total. The molecule has 1 aromatic heterocycles. The van der Waals surface area contributed by atoms with Crippen molar-refractivity contribution in [3.63, 3.8) is 0 Å². The third-order valence-electron chi connectivity index (χ3n) is 10.3. The number of nitrogens with one attached hydrogen (secondary N) is 1. The number of hydrogen-bond acceptors (Lipinski definition) is 9. The van der Waals surface area contributed by atoms with Gasteiger partial charge in [0, 0.05) is 42.4 Å². The van der Waals surface area contributed by atoms with Crippen LogP contribution < -0.4 is 9.46 Å². The first-order chi connectivity index (χ1) is 24.1. The van der Waals surface area contributed by atoms with Gasteiger partial charge in [-0.3, -0.25) is 9.69 Å². The summed E-state index contributed by atoms with van der Waals surface area (Å²) in [6, 6.07) is 11.9. The highest BCUT2D eigenvalue weighted by atomic mass is 32.2. The summed E-state index contributed by atoms with van der Waals surface area (Å²) in [4.78, 5) is 35.6. The number of amides is 1. The van der Waals surface area contributed by atoms with Crippen LogP contribution in [0.4, 0.5) is 23.9 Å². The highest BCUT2D eigenvalue weighted by Gasteiger charge is 2.63. The Kier molecular flexibility index (Phi) is 11.3. The van der Waals surface area contributed by atoms with E-state index in [0.717, 1.165) is 16.7 Å². The number of ether oxygens (including phenoxy) is 2. The Bertz CT molecular complexity index is 1820. The maximum absolute atomic E-state index is 14.3. The van der Waals surface area contributed by atoms with Crippen molar-refractivity contribution >= 4 is 28.4 Å². The maximum atomic E-state index is 14.3. The average Bonchev–Trinajstić information content (AvgIpc) is 3.90. The molecule has 51 heavy (non-hydrogen) atoms. The van der Waals surface area contributed by atoms with E-state index in [-0.39, 0.29) is 60.2 Å². The summed E-state index contributed by atoms with van der Waals surface area (Å²) in [7, 11) is 0.572. The van der Waals surface area contributed by atoms with E-state index in [1.54, 1.807) is 18.0 Å². The lowest BCUT2D eigenvalue weighted by Crippen LogP contribution is -2.49. The Morgan fingerprint density at radius 2 is 1.65 bits per heavy atom. The van der Waals surface area contributed by atoms with Gasteiger partial charge in [0.25, 0.3) is 10.0 Å². The van der Waals surface area contributed by atoms with E-state index in [9.17, 15) is 31.2 Å². The monoisotopic (exact) mass is 731 g/mol. The molecule has 5 rings (SSSR count). The molecule has 2 aliphatic rings. The zero-order valence-electron chi connectivity index (χ0n) is 29.4. The summed E-state index contributed by atoms with van der Waals surface area (Å²) in [5.41, 5.74) is 1.17. The number of halogens is 3. The highest BCUT2D eigenvalue weighted by molar-refractivity contribution is 7.92. The van der Waals surface area contributed by atoms with Gasteiger partial charge in [-0.05, 0) is 89.1 Å². The van der Waals surface area contributed by atoms with Crippen molar-refractivity contribution in [1.29, 1.82) is 0 Å². The number of aldehydes is 1. The number of likely N-dealkylation sites (N-methyl/N-ethyl adjacent to an activating group) is 1. The van der Waals surface area contributed by atoms with Gasteiger partial charge in [-0.15, -0.1) is 0 Å². The number of carbonyl (C=O) groups excluding carboxylic acids is 2. The molecule has 0 radical (unpaired) electrons. The Balaban J connectivity index is 1.44. The molecule has 0 spiro atoms. The summed E-state index contributed by atoms with van der Waals surface area (Å²) in [6.45, 7) is 3.62. The minimum absolute atomic E-state index is 0.0133. The van der Waals surface area contributed by atoms with Crippen LogP contribution in [0, 0.1) is 19.3 Å². The van der Waals surface area contributed by atoms with Gasteiger partial charge in [0.05, 0.1) is 23.1 Å². The summed E-state index contributed by atoms with van der Waals surface area (Å²) in [5, 5.41) is 0. The minimum atomic E-state index is -4.37. The van der Waals surface area contributed by atoms with Crippen LogP contribution in [0.1, 0.15) is 66.4 Å². The molecule has 0 aliphatic heterocycles. The summed E-state index contributed by atoms with van der Waals surface area (Å²) in [6.07, 6.45) is -1.68. The van der Waals surface area contributed by atoms with Gasteiger partial charge >= 0.3 is 12.3 Å². The van der Waals surface area contributed by atoms with E-state index < -0.39 is 33.7 Å². The number of hydrogen-bond donors (Lipinski definition) is 1. The standard InChI is InChI=1S/C36H44F3N5O6S/c1-23-8-6-9-24(2)32(23)30-19-31(41-33(40-30)42-51(47,48)29-11-7-10-25(18-29)21-45)50-22-28(20-35(16-17-35)36(37,38)39)43(3)26-12-14-27(15-13-26)44(4)34(46)49-5/h6-11,18-19,21,26-28H,12-17,20,22H2,1-5H3,(H,40,41,42)/t26-,27-,28-/m1/s1. The number of aryl methyl sites for hydroxylation is 2. The smallest absolute Gasteiger partial charge is 0.409 e. The predicted molar refractivity (Wildman–Crippen MR) is 185 cm³/mol. The van der Waals surface area contributed by atoms with E-state index in [4.69, 9.17) is 9.47 Å². The first-order valence-corrected chi connectivity index (χ1v) is 18.3. The fourth-order valence-corrected chi connectivity index (χ4v) is 7.97. The molecule has 0 unspecified atom stereocenters. The van der Waals surface area contributed by atoms with Gasteiger partial charge in [-0.2, -0.15) is 18.2 Å². The van der Waals surface area contributed by atoms with Crippen molar-refractivity contribution in [2.45, 2.75) is 88.0 Å². The molecule has 1 amide bonds. The molecule has 2 aromatic carbocycles. The third-order valence-corrected chi connectivity index (χ3v) is 11.6. The first kappa shape index (κ1) is 38.0. The van der Waals surface area contributed by atoms with Gasteiger partial charge in [-0.1, -0.05) is 30.3 Å². The SMILES string of the molecule is COC(=O)N(C)[C@H]1CC[C@H](N(C)[C@@H](COc2cc(-c3c(C)cccc3C)nc(NS(=O)(=O)c3cccc(C=O)c3)n2)CC2(C(F)(F)F)CC2)CC1. The average molecular weight is 732 g/mol. The second-order valence-corrected chi connectivity index (χ2v) is 15.3. The number of rotatable bonds is 13. The molecule has 3 aromatic rings. The van der Waals surface area contributed by atoms with Crippen molar-refractivity contribution in [3.05, 3.63) is 65.2 Å².